The molecule has 1 aliphatic heterocycles. The first-order valence-corrected chi connectivity index (χ1v) is 8.75. The maximum absolute atomic E-state index is 12.9. The highest BCUT2D eigenvalue weighted by Crippen LogP contribution is 2.36. The third-order valence-electron chi connectivity index (χ3n) is 4.07. The summed E-state index contributed by atoms with van der Waals surface area (Å²) >= 11 is 0.863. The van der Waals surface area contributed by atoms with Crippen LogP contribution in [0.3, 0.4) is 0 Å². The Morgan fingerprint density at radius 2 is 1.68 bits per heavy atom. The summed E-state index contributed by atoms with van der Waals surface area (Å²) in [6.45, 7) is 5.21. The second kappa shape index (κ2) is 6.72. The van der Waals surface area contributed by atoms with E-state index in [2.05, 4.69) is 0 Å². The van der Waals surface area contributed by atoms with Crippen LogP contribution in [-0.4, -0.2) is 22.4 Å². The van der Waals surface area contributed by atoms with E-state index in [0.29, 0.717) is 11.4 Å². The van der Waals surface area contributed by atoms with Gasteiger partial charge in [0.15, 0.2) is 5.37 Å². The minimum atomic E-state index is -0.896. The third kappa shape index (κ3) is 3.17. The highest BCUT2D eigenvalue weighted by Gasteiger charge is 2.45. The Balaban J connectivity index is 1.98. The summed E-state index contributed by atoms with van der Waals surface area (Å²) in [5, 5.41) is -1.27. The van der Waals surface area contributed by atoms with Gasteiger partial charge in [-0.15, -0.1) is 0 Å². The third-order valence-corrected chi connectivity index (χ3v) is 5.09. The molecule has 0 N–H and O–H groups in total. The number of amides is 3. The second-order valence-electron chi connectivity index (χ2n) is 5.92. The smallest absolute Gasteiger partial charge is 0.290 e. The highest BCUT2D eigenvalue weighted by molar-refractivity contribution is 8.16. The number of benzene rings is 2. The standard InChI is InChI=1S/C19H18N2O3S/c1-12-8-10-15(11-9-12)21-17(23)18(25-19(21)24)20(14(3)22)16-7-5-4-6-13(16)2/h4-11,18H,1-3H3. The lowest BCUT2D eigenvalue weighted by molar-refractivity contribution is -0.121. The van der Waals surface area contributed by atoms with Crippen LogP contribution >= 0.6 is 11.8 Å². The van der Waals surface area contributed by atoms with Gasteiger partial charge in [-0.05, 0) is 49.4 Å². The van der Waals surface area contributed by atoms with Crippen molar-refractivity contribution in [3.8, 4) is 0 Å². The molecular weight excluding hydrogens is 336 g/mol. The number of carbonyl (C=O) groups excluding carboxylic acids is 3. The van der Waals surface area contributed by atoms with E-state index >= 15 is 0 Å². The number of anilines is 2. The summed E-state index contributed by atoms with van der Waals surface area (Å²) in [4.78, 5) is 40.2. The topological polar surface area (TPSA) is 57.7 Å². The Hall–Kier alpha value is -2.60. The molecule has 0 saturated carbocycles. The van der Waals surface area contributed by atoms with Crippen molar-refractivity contribution in [2.24, 2.45) is 0 Å². The summed E-state index contributed by atoms with van der Waals surface area (Å²) in [5.74, 6) is -0.684. The fraction of sp³-hybridized carbons (Fsp3) is 0.211. The number of thioether (sulfide) groups is 1. The molecule has 0 aromatic heterocycles. The first kappa shape index (κ1) is 17.2. The molecule has 6 heteroatoms. The molecule has 1 atom stereocenters. The molecule has 25 heavy (non-hydrogen) atoms. The van der Waals surface area contributed by atoms with E-state index in [0.717, 1.165) is 27.8 Å². The number of carbonyl (C=O) groups is 3. The molecule has 2 aromatic rings. The first-order valence-electron chi connectivity index (χ1n) is 7.87. The molecule has 1 fully saturated rings. The number of hydrogen-bond acceptors (Lipinski definition) is 4. The van der Waals surface area contributed by atoms with Crippen LogP contribution in [0.1, 0.15) is 18.1 Å². The van der Waals surface area contributed by atoms with Gasteiger partial charge >= 0.3 is 0 Å². The Kier molecular flexibility index (Phi) is 4.63. The quantitative estimate of drug-likeness (QED) is 0.839. The summed E-state index contributed by atoms with van der Waals surface area (Å²) in [5.41, 5.74) is 3.06. The lowest BCUT2D eigenvalue weighted by atomic mass is 10.1. The van der Waals surface area contributed by atoms with E-state index in [4.69, 9.17) is 0 Å². The number of aryl methyl sites for hydroxylation is 2. The van der Waals surface area contributed by atoms with Crippen molar-refractivity contribution in [3.05, 3.63) is 59.7 Å². The molecule has 3 rings (SSSR count). The van der Waals surface area contributed by atoms with E-state index in [-0.39, 0.29) is 11.1 Å². The van der Waals surface area contributed by atoms with Crippen molar-refractivity contribution in [3.63, 3.8) is 0 Å². The predicted molar refractivity (Wildman–Crippen MR) is 99.8 cm³/mol. The summed E-state index contributed by atoms with van der Waals surface area (Å²) < 4.78 is 0. The molecule has 0 spiro atoms. The Morgan fingerprint density at radius 1 is 1.04 bits per heavy atom. The van der Waals surface area contributed by atoms with Crippen molar-refractivity contribution in [1.82, 2.24) is 0 Å². The Bertz CT molecular complexity index is 848. The number of imide groups is 1. The normalized spacial score (nSPS) is 17.1. The van der Waals surface area contributed by atoms with Crippen molar-refractivity contribution < 1.29 is 14.4 Å². The number of nitrogens with zero attached hydrogens (tertiary/aromatic N) is 2. The van der Waals surface area contributed by atoms with Crippen molar-refractivity contribution >= 4 is 40.2 Å². The van der Waals surface area contributed by atoms with Crippen LogP contribution in [0.15, 0.2) is 48.5 Å². The Labute approximate surface area is 150 Å². The maximum Gasteiger partial charge on any atom is 0.295 e. The van der Waals surface area contributed by atoms with Gasteiger partial charge in [-0.3, -0.25) is 19.3 Å². The summed E-state index contributed by atoms with van der Waals surface area (Å²) in [7, 11) is 0. The van der Waals surface area contributed by atoms with Gasteiger partial charge in [-0.1, -0.05) is 35.9 Å². The van der Waals surface area contributed by atoms with Crippen LogP contribution in [0.4, 0.5) is 16.2 Å². The lowest BCUT2D eigenvalue weighted by Crippen LogP contribution is -2.44. The largest absolute Gasteiger partial charge is 0.295 e. The van der Waals surface area contributed by atoms with Gasteiger partial charge in [0.05, 0.1) is 5.69 Å². The average molecular weight is 354 g/mol. The van der Waals surface area contributed by atoms with Gasteiger partial charge in [-0.25, -0.2) is 4.90 Å². The minimum Gasteiger partial charge on any atom is -0.290 e. The number of rotatable bonds is 3. The molecule has 1 saturated heterocycles. The van der Waals surface area contributed by atoms with Crippen LogP contribution in [-0.2, 0) is 9.59 Å². The molecule has 1 aliphatic rings. The van der Waals surface area contributed by atoms with Crippen molar-refractivity contribution in [1.29, 1.82) is 0 Å². The van der Waals surface area contributed by atoms with Gasteiger partial charge in [0.25, 0.3) is 11.1 Å². The molecular formula is C19H18N2O3S. The monoisotopic (exact) mass is 354 g/mol. The van der Waals surface area contributed by atoms with Gasteiger partial charge in [-0.2, -0.15) is 0 Å². The fourth-order valence-corrected chi connectivity index (χ4v) is 3.85. The predicted octanol–water partition coefficient (Wildman–Crippen LogP) is 3.88. The van der Waals surface area contributed by atoms with E-state index in [1.54, 1.807) is 18.2 Å². The zero-order valence-electron chi connectivity index (χ0n) is 14.2. The van der Waals surface area contributed by atoms with Crippen LogP contribution in [0.2, 0.25) is 0 Å². The SMILES string of the molecule is CC(=O)N(c1ccccc1C)C1SC(=O)N(c2ccc(C)cc2)C1=O. The summed E-state index contributed by atoms with van der Waals surface area (Å²) in [6.07, 6.45) is 0. The van der Waals surface area contributed by atoms with Crippen LogP contribution in [0, 0.1) is 13.8 Å². The van der Waals surface area contributed by atoms with Gasteiger partial charge in [0, 0.05) is 12.6 Å². The first-order chi connectivity index (χ1) is 11.9. The fourth-order valence-electron chi connectivity index (χ4n) is 2.78. The molecule has 1 unspecified atom stereocenters. The number of hydrogen-bond donors (Lipinski definition) is 0. The molecule has 128 valence electrons. The van der Waals surface area contributed by atoms with Crippen molar-refractivity contribution in [2.45, 2.75) is 26.1 Å². The van der Waals surface area contributed by atoms with Crippen LogP contribution in [0.5, 0.6) is 0 Å². The average Bonchev–Trinajstić information content (AvgIpc) is 2.85. The molecule has 3 amide bonds. The van der Waals surface area contributed by atoms with E-state index in [9.17, 15) is 14.4 Å². The maximum atomic E-state index is 12.9. The van der Waals surface area contributed by atoms with Gasteiger partial charge in [0.2, 0.25) is 5.91 Å². The van der Waals surface area contributed by atoms with E-state index in [1.165, 1.54) is 11.8 Å². The summed E-state index contributed by atoms with van der Waals surface area (Å²) in [6, 6.07) is 14.5. The molecule has 0 aliphatic carbocycles. The molecule has 2 aromatic carbocycles. The van der Waals surface area contributed by atoms with E-state index in [1.807, 2.05) is 44.2 Å². The van der Waals surface area contributed by atoms with Crippen LogP contribution in [0.25, 0.3) is 0 Å². The number of para-hydroxylation sites is 1. The molecule has 1 heterocycles. The molecule has 5 nitrogen and oxygen atoms in total. The molecule has 0 radical (unpaired) electrons. The lowest BCUT2D eigenvalue weighted by Gasteiger charge is -2.27. The highest BCUT2D eigenvalue weighted by atomic mass is 32.2. The van der Waals surface area contributed by atoms with Crippen LogP contribution < -0.4 is 9.80 Å². The van der Waals surface area contributed by atoms with Crippen molar-refractivity contribution in [2.75, 3.05) is 9.80 Å². The zero-order valence-corrected chi connectivity index (χ0v) is 15.0. The van der Waals surface area contributed by atoms with Gasteiger partial charge < -0.3 is 0 Å². The van der Waals surface area contributed by atoms with Gasteiger partial charge in [0.1, 0.15) is 0 Å². The minimum absolute atomic E-state index is 0.279. The van der Waals surface area contributed by atoms with E-state index < -0.39 is 11.3 Å². The Morgan fingerprint density at radius 3 is 2.28 bits per heavy atom. The molecule has 0 bridgehead atoms. The zero-order chi connectivity index (χ0) is 18.1. The second-order valence-corrected chi connectivity index (χ2v) is 6.95.